The van der Waals surface area contributed by atoms with Crippen LogP contribution in [0.3, 0.4) is 0 Å². The largest absolute Gasteiger partial charge is 0.493 e. The van der Waals surface area contributed by atoms with Gasteiger partial charge in [-0.05, 0) is 37.5 Å². The van der Waals surface area contributed by atoms with Crippen molar-refractivity contribution in [3.05, 3.63) is 23.8 Å². The molecule has 0 aromatic heterocycles. The highest BCUT2D eigenvalue weighted by Crippen LogP contribution is 2.31. The molecule has 1 saturated carbocycles. The van der Waals surface area contributed by atoms with Crippen molar-refractivity contribution in [1.29, 1.82) is 0 Å². The summed E-state index contributed by atoms with van der Waals surface area (Å²) in [6, 6.07) is 5.52. The van der Waals surface area contributed by atoms with Crippen LogP contribution in [0.1, 0.15) is 50.6 Å². The first-order chi connectivity index (χ1) is 10.5. The van der Waals surface area contributed by atoms with E-state index >= 15 is 0 Å². The number of carbonyl (C=O) groups excluding carboxylic acids is 1. The molecule has 0 spiro atoms. The zero-order valence-corrected chi connectivity index (χ0v) is 13.6. The average molecular weight is 306 g/mol. The third-order valence-electron chi connectivity index (χ3n) is 4.45. The number of ether oxygens (including phenoxy) is 2. The monoisotopic (exact) mass is 306 g/mol. The summed E-state index contributed by atoms with van der Waals surface area (Å²) in [5.41, 5.74) is 6.52. The van der Waals surface area contributed by atoms with Crippen molar-refractivity contribution >= 4 is 5.91 Å². The van der Waals surface area contributed by atoms with Gasteiger partial charge in [0.15, 0.2) is 11.5 Å². The third-order valence-corrected chi connectivity index (χ3v) is 4.45. The van der Waals surface area contributed by atoms with Gasteiger partial charge in [0.05, 0.1) is 25.8 Å². The van der Waals surface area contributed by atoms with Crippen molar-refractivity contribution in [3.63, 3.8) is 0 Å². The first-order valence-electron chi connectivity index (χ1n) is 7.82. The summed E-state index contributed by atoms with van der Waals surface area (Å²) in [5.74, 6) is 1.27. The van der Waals surface area contributed by atoms with E-state index in [9.17, 15) is 4.79 Å². The molecule has 1 aliphatic rings. The molecule has 0 heterocycles. The van der Waals surface area contributed by atoms with E-state index in [0.29, 0.717) is 11.5 Å². The van der Waals surface area contributed by atoms with Gasteiger partial charge in [-0.2, -0.15) is 0 Å². The minimum Gasteiger partial charge on any atom is -0.493 e. The first kappa shape index (κ1) is 16.6. The van der Waals surface area contributed by atoms with Crippen molar-refractivity contribution in [2.24, 2.45) is 5.73 Å². The quantitative estimate of drug-likeness (QED) is 0.877. The van der Waals surface area contributed by atoms with E-state index < -0.39 is 5.54 Å². The number of hydrogen-bond acceptors (Lipinski definition) is 4. The van der Waals surface area contributed by atoms with Crippen LogP contribution < -0.4 is 20.5 Å². The lowest BCUT2D eigenvalue weighted by molar-refractivity contribution is -0.128. The lowest BCUT2D eigenvalue weighted by Crippen LogP contribution is -2.55. The number of amides is 1. The van der Waals surface area contributed by atoms with E-state index in [4.69, 9.17) is 15.2 Å². The number of nitrogens with one attached hydrogen (secondary N) is 1. The van der Waals surface area contributed by atoms with Gasteiger partial charge >= 0.3 is 0 Å². The van der Waals surface area contributed by atoms with Gasteiger partial charge in [-0.25, -0.2) is 0 Å². The maximum Gasteiger partial charge on any atom is 0.240 e. The van der Waals surface area contributed by atoms with E-state index in [0.717, 1.165) is 37.7 Å². The number of carbonyl (C=O) groups is 1. The van der Waals surface area contributed by atoms with Gasteiger partial charge in [-0.3, -0.25) is 4.79 Å². The Morgan fingerprint density at radius 2 is 1.82 bits per heavy atom. The topological polar surface area (TPSA) is 73.6 Å². The Morgan fingerprint density at radius 1 is 1.18 bits per heavy atom. The maximum absolute atomic E-state index is 12.5. The molecule has 1 aromatic rings. The van der Waals surface area contributed by atoms with Crippen LogP contribution in [0.15, 0.2) is 18.2 Å². The van der Waals surface area contributed by atoms with Gasteiger partial charge in [-0.15, -0.1) is 0 Å². The second kappa shape index (κ2) is 7.01. The predicted molar refractivity (Wildman–Crippen MR) is 86.1 cm³/mol. The van der Waals surface area contributed by atoms with Crippen LogP contribution >= 0.6 is 0 Å². The van der Waals surface area contributed by atoms with E-state index in [-0.39, 0.29) is 11.9 Å². The average Bonchev–Trinajstić information content (AvgIpc) is 2.54. The van der Waals surface area contributed by atoms with E-state index in [2.05, 4.69) is 5.32 Å². The summed E-state index contributed by atoms with van der Waals surface area (Å²) >= 11 is 0. The molecule has 122 valence electrons. The number of methoxy groups -OCH3 is 2. The van der Waals surface area contributed by atoms with Gasteiger partial charge in [0.1, 0.15) is 0 Å². The minimum absolute atomic E-state index is 0.0607. The van der Waals surface area contributed by atoms with Crippen LogP contribution in [0.4, 0.5) is 0 Å². The summed E-state index contributed by atoms with van der Waals surface area (Å²) in [7, 11) is 3.20. The SMILES string of the molecule is COc1ccc(C(C)NC(=O)C2(N)CCCCC2)cc1OC. The Balaban J connectivity index is 2.08. The van der Waals surface area contributed by atoms with Gasteiger partial charge in [0.2, 0.25) is 5.91 Å². The lowest BCUT2D eigenvalue weighted by Gasteiger charge is -2.33. The second-order valence-electron chi connectivity index (χ2n) is 6.03. The molecule has 0 aliphatic heterocycles. The summed E-state index contributed by atoms with van der Waals surface area (Å²) in [4.78, 5) is 12.5. The normalized spacial score (nSPS) is 18.4. The molecular formula is C17H26N2O3. The van der Waals surface area contributed by atoms with Crippen LogP contribution in [0, 0.1) is 0 Å². The Kier molecular flexibility index (Phi) is 5.29. The molecular weight excluding hydrogens is 280 g/mol. The molecule has 0 radical (unpaired) electrons. The number of benzene rings is 1. The van der Waals surface area contributed by atoms with Crippen molar-refractivity contribution in [2.75, 3.05) is 14.2 Å². The standard InChI is InChI=1S/C17H26N2O3/c1-12(13-7-8-14(21-2)15(11-13)22-3)19-16(20)17(18)9-5-4-6-10-17/h7-8,11-12H,4-6,9-10,18H2,1-3H3,(H,19,20). The molecule has 0 saturated heterocycles. The fourth-order valence-electron chi connectivity index (χ4n) is 2.96. The number of hydrogen-bond donors (Lipinski definition) is 2. The fourth-order valence-corrected chi connectivity index (χ4v) is 2.96. The predicted octanol–water partition coefficient (Wildman–Crippen LogP) is 2.54. The Labute approximate surface area is 132 Å². The molecule has 22 heavy (non-hydrogen) atoms. The summed E-state index contributed by atoms with van der Waals surface area (Å²) in [5, 5.41) is 3.03. The van der Waals surface area contributed by atoms with Crippen LogP contribution in [0.2, 0.25) is 0 Å². The van der Waals surface area contributed by atoms with Crippen LogP contribution in [-0.4, -0.2) is 25.7 Å². The highest BCUT2D eigenvalue weighted by Gasteiger charge is 2.35. The second-order valence-corrected chi connectivity index (χ2v) is 6.03. The molecule has 5 heteroatoms. The molecule has 1 unspecified atom stereocenters. The molecule has 2 rings (SSSR count). The highest BCUT2D eigenvalue weighted by molar-refractivity contribution is 5.86. The summed E-state index contributed by atoms with van der Waals surface area (Å²) in [6.07, 6.45) is 4.73. The van der Waals surface area contributed by atoms with Crippen molar-refractivity contribution < 1.29 is 14.3 Å². The van der Waals surface area contributed by atoms with Crippen molar-refractivity contribution in [3.8, 4) is 11.5 Å². The molecule has 5 nitrogen and oxygen atoms in total. The zero-order valence-electron chi connectivity index (χ0n) is 13.6. The van der Waals surface area contributed by atoms with Gasteiger partial charge < -0.3 is 20.5 Å². The third kappa shape index (κ3) is 3.53. The Morgan fingerprint density at radius 3 is 2.41 bits per heavy atom. The van der Waals surface area contributed by atoms with E-state index in [1.807, 2.05) is 25.1 Å². The molecule has 3 N–H and O–H groups in total. The number of rotatable bonds is 5. The van der Waals surface area contributed by atoms with Gasteiger partial charge in [0.25, 0.3) is 0 Å². The molecule has 1 fully saturated rings. The fraction of sp³-hybridized carbons (Fsp3) is 0.588. The zero-order chi connectivity index (χ0) is 16.2. The molecule has 1 aliphatic carbocycles. The molecule has 1 aromatic carbocycles. The summed E-state index contributed by atoms with van der Waals surface area (Å²) < 4.78 is 10.5. The highest BCUT2D eigenvalue weighted by atomic mass is 16.5. The van der Waals surface area contributed by atoms with E-state index in [1.54, 1.807) is 14.2 Å². The van der Waals surface area contributed by atoms with Crippen molar-refractivity contribution in [1.82, 2.24) is 5.32 Å². The molecule has 1 atom stereocenters. The van der Waals surface area contributed by atoms with Crippen molar-refractivity contribution in [2.45, 2.75) is 50.6 Å². The Hall–Kier alpha value is -1.75. The minimum atomic E-state index is -0.719. The lowest BCUT2D eigenvalue weighted by atomic mass is 9.81. The molecule has 1 amide bonds. The molecule has 0 bridgehead atoms. The summed E-state index contributed by atoms with van der Waals surface area (Å²) in [6.45, 7) is 1.95. The first-order valence-corrected chi connectivity index (χ1v) is 7.82. The Bertz CT molecular complexity index is 525. The van der Waals surface area contributed by atoms with Gasteiger partial charge in [-0.1, -0.05) is 25.3 Å². The van der Waals surface area contributed by atoms with Crippen LogP contribution in [0.25, 0.3) is 0 Å². The van der Waals surface area contributed by atoms with E-state index in [1.165, 1.54) is 0 Å². The number of nitrogens with two attached hydrogens (primary N) is 1. The maximum atomic E-state index is 12.5. The van der Waals surface area contributed by atoms with Gasteiger partial charge in [0, 0.05) is 0 Å². The van der Waals surface area contributed by atoms with Crippen LogP contribution in [-0.2, 0) is 4.79 Å². The smallest absolute Gasteiger partial charge is 0.240 e. The van der Waals surface area contributed by atoms with Crippen LogP contribution in [0.5, 0.6) is 11.5 Å².